The largest absolute Gasteiger partial charge is 0.452 e. The van der Waals surface area contributed by atoms with E-state index < -0.39 is 24.5 Å². The van der Waals surface area contributed by atoms with Gasteiger partial charge in [-0.2, -0.15) is 0 Å². The summed E-state index contributed by atoms with van der Waals surface area (Å²) < 4.78 is 4.87. The summed E-state index contributed by atoms with van der Waals surface area (Å²) in [4.78, 5) is 47.5. The number of anilines is 1. The lowest BCUT2D eigenvalue weighted by Gasteiger charge is -2.07. The minimum atomic E-state index is -0.707. The fraction of sp³-hybridized carbons (Fsp3) is 0.222. The number of carbonyl (C=O) groups excluding carboxylic acids is 4. The number of rotatable bonds is 6. The molecule has 1 aliphatic carbocycles. The van der Waals surface area contributed by atoms with E-state index in [0.717, 1.165) is 12.8 Å². The average molecular weight is 387 g/mol. The van der Waals surface area contributed by atoms with E-state index in [9.17, 15) is 19.2 Å². The van der Waals surface area contributed by atoms with Gasteiger partial charge in [-0.3, -0.25) is 14.9 Å². The third-order valence-electron chi connectivity index (χ3n) is 3.62. The minimum Gasteiger partial charge on any atom is -0.452 e. The molecule has 9 heteroatoms. The summed E-state index contributed by atoms with van der Waals surface area (Å²) in [6, 6.07) is 9.10. The Bertz CT molecular complexity index is 844. The molecule has 1 saturated carbocycles. The predicted molar refractivity (Wildman–Crippen MR) is 98.7 cm³/mol. The zero-order chi connectivity index (χ0) is 19.2. The van der Waals surface area contributed by atoms with Crippen molar-refractivity contribution in [1.82, 2.24) is 10.6 Å². The number of imide groups is 1. The molecule has 0 radical (unpaired) electrons. The zero-order valence-corrected chi connectivity index (χ0v) is 15.0. The predicted octanol–water partition coefficient (Wildman–Crippen LogP) is 2.15. The molecule has 0 aliphatic heterocycles. The number of hydrogen-bond acceptors (Lipinski definition) is 6. The van der Waals surface area contributed by atoms with Crippen LogP contribution in [0.1, 0.15) is 32.9 Å². The number of thiophene rings is 1. The number of nitrogens with one attached hydrogen (secondary N) is 3. The van der Waals surface area contributed by atoms with Crippen molar-refractivity contribution in [2.75, 3.05) is 11.9 Å². The molecule has 0 unspecified atom stereocenters. The zero-order valence-electron chi connectivity index (χ0n) is 14.2. The lowest BCUT2D eigenvalue weighted by atomic mass is 10.2. The molecule has 3 rings (SSSR count). The van der Waals surface area contributed by atoms with Gasteiger partial charge < -0.3 is 15.4 Å². The van der Waals surface area contributed by atoms with Crippen molar-refractivity contribution in [3.8, 4) is 0 Å². The normalized spacial score (nSPS) is 12.7. The summed E-state index contributed by atoms with van der Waals surface area (Å²) >= 11 is 1.33. The summed E-state index contributed by atoms with van der Waals surface area (Å²) in [5.74, 6) is -1.65. The van der Waals surface area contributed by atoms with E-state index in [2.05, 4.69) is 16.0 Å². The maximum absolute atomic E-state index is 12.0. The van der Waals surface area contributed by atoms with E-state index in [1.165, 1.54) is 23.5 Å². The molecule has 4 amide bonds. The molecule has 0 saturated heterocycles. The van der Waals surface area contributed by atoms with Gasteiger partial charge in [0, 0.05) is 11.7 Å². The molecule has 3 N–H and O–H groups in total. The minimum absolute atomic E-state index is 0.124. The van der Waals surface area contributed by atoms with E-state index in [1.54, 1.807) is 29.6 Å². The van der Waals surface area contributed by atoms with Crippen LogP contribution >= 0.6 is 11.3 Å². The molecule has 1 heterocycles. The molecule has 1 fully saturated rings. The first-order valence-corrected chi connectivity index (χ1v) is 9.11. The summed E-state index contributed by atoms with van der Waals surface area (Å²) in [6.45, 7) is -0.562. The molecule has 0 spiro atoms. The van der Waals surface area contributed by atoms with Gasteiger partial charge in [-0.1, -0.05) is 6.07 Å². The highest BCUT2D eigenvalue weighted by molar-refractivity contribution is 7.12. The van der Waals surface area contributed by atoms with Crippen LogP contribution in [0.5, 0.6) is 0 Å². The fourth-order valence-electron chi connectivity index (χ4n) is 2.12. The Morgan fingerprint density at radius 2 is 1.81 bits per heavy atom. The van der Waals surface area contributed by atoms with Gasteiger partial charge in [0.15, 0.2) is 6.61 Å². The Morgan fingerprint density at radius 3 is 2.44 bits per heavy atom. The second-order valence-electron chi connectivity index (χ2n) is 5.88. The molecule has 0 bridgehead atoms. The van der Waals surface area contributed by atoms with Crippen molar-refractivity contribution < 1.29 is 23.9 Å². The third kappa shape index (κ3) is 5.65. The van der Waals surface area contributed by atoms with Crippen LogP contribution in [0.4, 0.5) is 10.5 Å². The maximum atomic E-state index is 12.0. The smallest absolute Gasteiger partial charge is 0.338 e. The average Bonchev–Trinajstić information content (AvgIpc) is 3.28. The molecule has 1 aliphatic rings. The van der Waals surface area contributed by atoms with Gasteiger partial charge in [-0.25, -0.2) is 9.59 Å². The van der Waals surface area contributed by atoms with Gasteiger partial charge in [0.25, 0.3) is 11.8 Å². The second kappa shape index (κ2) is 8.45. The van der Waals surface area contributed by atoms with Crippen LogP contribution in [0.25, 0.3) is 0 Å². The van der Waals surface area contributed by atoms with E-state index >= 15 is 0 Å². The van der Waals surface area contributed by atoms with E-state index in [-0.39, 0.29) is 17.5 Å². The Hall–Kier alpha value is -3.20. The Balaban J connectivity index is 1.44. The molecule has 0 atom stereocenters. The van der Waals surface area contributed by atoms with Gasteiger partial charge >= 0.3 is 12.0 Å². The number of carbonyl (C=O) groups is 4. The molecular weight excluding hydrogens is 370 g/mol. The number of ether oxygens (including phenoxy) is 1. The number of benzene rings is 1. The van der Waals surface area contributed by atoms with Crippen LogP contribution in [-0.4, -0.2) is 36.5 Å². The number of amides is 4. The van der Waals surface area contributed by atoms with Crippen LogP contribution in [0.2, 0.25) is 0 Å². The maximum Gasteiger partial charge on any atom is 0.338 e. The van der Waals surface area contributed by atoms with Crippen molar-refractivity contribution in [1.29, 1.82) is 0 Å². The standard InChI is InChI=1S/C18H17N3O5S/c22-15(21-18(25)20-13-7-8-13)10-26-17(24)11-3-5-12(6-4-11)19-16(23)14-2-1-9-27-14/h1-6,9,13H,7-8,10H2,(H,19,23)(H2,20,21,22,25). The van der Waals surface area contributed by atoms with Crippen LogP contribution in [0.15, 0.2) is 41.8 Å². The van der Waals surface area contributed by atoms with Gasteiger partial charge in [0.05, 0.1) is 10.4 Å². The van der Waals surface area contributed by atoms with Gasteiger partial charge in [0.1, 0.15) is 0 Å². The molecular formula is C18H17N3O5S. The Labute approximate surface area is 158 Å². The van der Waals surface area contributed by atoms with E-state index in [0.29, 0.717) is 10.6 Å². The summed E-state index contributed by atoms with van der Waals surface area (Å²) in [5.41, 5.74) is 0.749. The van der Waals surface area contributed by atoms with E-state index in [4.69, 9.17) is 4.74 Å². The topological polar surface area (TPSA) is 114 Å². The highest BCUT2D eigenvalue weighted by Gasteiger charge is 2.24. The highest BCUT2D eigenvalue weighted by atomic mass is 32.1. The van der Waals surface area contributed by atoms with Gasteiger partial charge in [-0.05, 0) is 48.6 Å². The number of urea groups is 1. The lowest BCUT2D eigenvalue weighted by Crippen LogP contribution is -2.42. The summed E-state index contributed by atoms with van der Waals surface area (Å²) in [6.07, 6.45) is 1.81. The molecule has 8 nitrogen and oxygen atoms in total. The Morgan fingerprint density at radius 1 is 1.07 bits per heavy atom. The molecule has 27 heavy (non-hydrogen) atoms. The quantitative estimate of drug-likeness (QED) is 0.657. The molecule has 1 aromatic heterocycles. The first-order chi connectivity index (χ1) is 13.0. The molecule has 140 valence electrons. The molecule has 2 aromatic rings. The van der Waals surface area contributed by atoms with Crippen LogP contribution in [0, 0.1) is 0 Å². The van der Waals surface area contributed by atoms with Crippen molar-refractivity contribution in [2.24, 2.45) is 0 Å². The van der Waals surface area contributed by atoms with E-state index in [1.807, 2.05) is 0 Å². The third-order valence-corrected chi connectivity index (χ3v) is 4.49. The van der Waals surface area contributed by atoms with Crippen molar-refractivity contribution in [3.63, 3.8) is 0 Å². The van der Waals surface area contributed by atoms with Crippen molar-refractivity contribution >= 4 is 40.8 Å². The SMILES string of the molecule is O=C(COC(=O)c1ccc(NC(=O)c2cccs2)cc1)NC(=O)NC1CC1. The fourth-order valence-corrected chi connectivity index (χ4v) is 2.74. The monoisotopic (exact) mass is 387 g/mol. The summed E-state index contributed by atoms with van der Waals surface area (Å²) in [7, 11) is 0. The van der Waals surface area contributed by atoms with Crippen molar-refractivity contribution in [2.45, 2.75) is 18.9 Å². The Kier molecular flexibility index (Phi) is 5.82. The second-order valence-corrected chi connectivity index (χ2v) is 6.83. The van der Waals surface area contributed by atoms with Crippen molar-refractivity contribution in [3.05, 3.63) is 52.2 Å². The number of esters is 1. The van der Waals surface area contributed by atoms with Crippen LogP contribution in [-0.2, 0) is 9.53 Å². The van der Waals surface area contributed by atoms with Crippen LogP contribution in [0.3, 0.4) is 0 Å². The van der Waals surface area contributed by atoms with Gasteiger partial charge in [-0.15, -0.1) is 11.3 Å². The lowest BCUT2D eigenvalue weighted by molar-refractivity contribution is -0.123. The first-order valence-electron chi connectivity index (χ1n) is 8.23. The molecule has 1 aromatic carbocycles. The highest BCUT2D eigenvalue weighted by Crippen LogP contribution is 2.18. The van der Waals surface area contributed by atoms with Crippen LogP contribution < -0.4 is 16.0 Å². The summed E-state index contributed by atoms with van der Waals surface area (Å²) in [5, 5.41) is 9.20. The number of hydrogen-bond donors (Lipinski definition) is 3. The van der Waals surface area contributed by atoms with Gasteiger partial charge in [0.2, 0.25) is 0 Å². The first kappa shape index (κ1) is 18.6.